The number of halogens is 2. The first-order valence-corrected chi connectivity index (χ1v) is 14.7. The number of carbonyl (C=O) groups is 1. The molecule has 0 saturated heterocycles. The third-order valence-corrected chi connectivity index (χ3v) is 8.00. The van der Waals surface area contributed by atoms with E-state index in [0.29, 0.717) is 33.7 Å². The minimum absolute atomic E-state index is 0.131. The SMILES string of the molecule is O=C(COc1ccc2ccccc2c1C=Nn1c(C2CCCCC2)nc2ccc(Br)cc2c1=O)Nc1cccc(F)c1. The molecule has 42 heavy (non-hydrogen) atoms. The maximum Gasteiger partial charge on any atom is 0.282 e. The lowest BCUT2D eigenvalue weighted by Crippen LogP contribution is -2.25. The monoisotopic (exact) mass is 626 g/mol. The number of ether oxygens (including phenoxy) is 1. The van der Waals surface area contributed by atoms with Crippen molar-refractivity contribution in [3.63, 3.8) is 0 Å². The minimum Gasteiger partial charge on any atom is -0.483 e. The molecule has 1 aliphatic carbocycles. The molecule has 1 fully saturated rings. The van der Waals surface area contributed by atoms with Gasteiger partial charge in [0.2, 0.25) is 0 Å². The number of anilines is 1. The molecule has 0 radical (unpaired) electrons. The Hall–Kier alpha value is -4.37. The third-order valence-electron chi connectivity index (χ3n) is 7.50. The van der Waals surface area contributed by atoms with Gasteiger partial charge < -0.3 is 10.1 Å². The number of carbonyl (C=O) groups excluding carboxylic acids is 1. The van der Waals surface area contributed by atoms with E-state index in [1.807, 2.05) is 42.5 Å². The van der Waals surface area contributed by atoms with Crippen LogP contribution >= 0.6 is 15.9 Å². The second-order valence-corrected chi connectivity index (χ2v) is 11.3. The molecule has 7 nitrogen and oxygen atoms in total. The summed E-state index contributed by atoms with van der Waals surface area (Å²) in [6, 6.07) is 22.6. The van der Waals surface area contributed by atoms with E-state index in [0.717, 1.165) is 40.9 Å². The molecule has 1 aliphatic rings. The van der Waals surface area contributed by atoms with Crippen molar-refractivity contribution in [3.05, 3.63) is 111 Å². The highest BCUT2D eigenvalue weighted by Gasteiger charge is 2.23. The highest BCUT2D eigenvalue weighted by molar-refractivity contribution is 9.10. The number of rotatable bonds is 7. The van der Waals surface area contributed by atoms with Crippen LogP contribution in [0.1, 0.15) is 49.4 Å². The fourth-order valence-electron chi connectivity index (χ4n) is 5.46. The number of hydrogen-bond acceptors (Lipinski definition) is 5. The van der Waals surface area contributed by atoms with Gasteiger partial charge in [0, 0.05) is 21.6 Å². The summed E-state index contributed by atoms with van der Waals surface area (Å²) in [5.41, 5.74) is 1.38. The average molecular weight is 628 g/mol. The largest absolute Gasteiger partial charge is 0.483 e. The first-order valence-electron chi connectivity index (χ1n) is 13.9. The summed E-state index contributed by atoms with van der Waals surface area (Å²) in [4.78, 5) is 31.3. The molecule has 1 N–H and O–H groups in total. The van der Waals surface area contributed by atoms with Gasteiger partial charge in [0.15, 0.2) is 6.61 Å². The normalized spacial score (nSPS) is 14.0. The molecule has 0 unspecified atom stereocenters. The molecule has 0 spiro atoms. The van der Waals surface area contributed by atoms with Gasteiger partial charge in [0.25, 0.3) is 11.5 Å². The zero-order chi connectivity index (χ0) is 29.1. The van der Waals surface area contributed by atoms with Crippen LogP contribution in [-0.2, 0) is 4.79 Å². The molecule has 1 amide bonds. The maximum atomic E-state index is 13.8. The van der Waals surface area contributed by atoms with Crippen LogP contribution in [0.2, 0.25) is 0 Å². The van der Waals surface area contributed by atoms with Crippen LogP contribution in [0.4, 0.5) is 10.1 Å². The van der Waals surface area contributed by atoms with Crippen molar-refractivity contribution in [1.82, 2.24) is 9.66 Å². The van der Waals surface area contributed by atoms with Gasteiger partial charge in [0.05, 0.1) is 17.1 Å². The lowest BCUT2D eigenvalue weighted by molar-refractivity contribution is -0.118. The van der Waals surface area contributed by atoms with Crippen LogP contribution < -0.4 is 15.6 Å². The highest BCUT2D eigenvalue weighted by Crippen LogP contribution is 2.32. The zero-order valence-electron chi connectivity index (χ0n) is 22.7. The van der Waals surface area contributed by atoms with Crippen molar-refractivity contribution in [3.8, 4) is 5.75 Å². The molecule has 4 aromatic carbocycles. The predicted octanol–water partition coefficient (Wildman–Crippen LogP) is 7.40. The maximum absolute atomic E-state index is 13.8. The smallest absolute Gasteiger partial charge is 0.282 e. The molecule has 0 aliphatic heterocycles. The van der Waals surface area contributed by atoms with E-state index in [-0.39, 0.29) is 18.1 Å². The number of fused-ring (bicyclic) bond motifs is 2. The molecule has 5 aromatic rings. The average Bonchev–Trinajstić information content (AvgIpc) is 3.00. The number of nitrogens with zero attached hydrogens (tertiary/aromatic N) is 3. The second kappa shape index (κ2) is 12.2. The third kappa shape index (κ3) is 5.97. The second-order valence-electron chi connectivity index (χ2n) is 10.4. The van der Waals surface area contributed by atoms with Gasteiger partial charge in [0.1, 0.15) is 17.4 Å². The quantitative estimate of drug-likeness (QED) is 0.191. The van der Waals surface area contributed by atoms with Crippen molar-refractivity contribution in [2.45, 2.75) is 38.0 Å². The van der Waals surface area contributed by atoms with Crippen molar-refractivity contribution in [2.75, 3.05) is 11.9 Å². The Bertz CT molecular complexity index is 1880. The Morgan fingerprint density at radius 1 is 1.02 bits per heavy atom. The molecule has 1 saturated carbocycles. The lowest BCUT2D eigenvalue weighted by Gasteiger charge is -2.23. The number of hydrogen-bond donors (Lipinski definition) is 1. The Kier molecular flexibility index (Phi) is 8.10. The van der Waals surface area contributed by atoms with Crippen molar-refractivity contribution in [1.29, 1.82) is 0 Å². The predicted molar refractivity (Wildman–Crippen MR) is 167 cm³/mol. The van der Waals surface area contributed by atoms with Gasteiger partial charge in [-0.2, -0.15) is 9.78 Å². The summed E-state index contributed by atoms with van der Waals surface area (Å²) in [6.45, 7) is -0.297. The molecule has 9 heteroatoms. The fourth-order valence-corrected chi connectivity index (χ4v) is 5.82. The van der Waals surface area contributed by atoms with Crippen LogP contribution in [0.15, 0.2) is 93.2 Å². The standard InChI is InChI=1S/C33H28BrFN4O3/c34-23-14-15-29-27(17-23)33(41)39(32(38-29)22-8-2-1-3-9-22)36-19-28-26-12-5-4-7-21(26)13-16-30(28)42-20-31(40)37-25-11-6-10-24(35)18-25/h4-7,10-19,22H,1-3,8-9,20H2,(H,37,40). The van der Waals surface area contributed by atoms with E-state index in [9.17, 15) is 14.0 Å². The van der Waals surface area contributed by atoms with Gasteiger partial charge in [-0.3, -0.25) is 9.59 Å². The van der Waals surface area contributed by atoms with Crippen LogP contribution in [0.5, 0.6) is 5.75 Å². The zero-order valence-corrected chi connectivity index (χ0v) is 24.3. The molecule has 0 atom stereocenters. The summed E-state index contributed by atoms with van der Waals surface area (Å²) in [6.07, 6.45) is 6.86. The van der Waals surface area contributed by atoms with E-state index in [1.165, 1.54) is 29.3 Å². The van der Waals surface area contributed by atoms with Gasteiger partial charge in [-0.25, -0.2) is 9.37 Å². The summed E-state index contributed by atoms with van der Waals surface area (Å²) < 4.78 is 21.7. The molecule has 0 bridgehead atoms. The number of aromatic nitrogens is 2. The molecule has 6 rings (SSSR count). The minimum atomic E-state index is -0.444. The first kappa shape index (κ1) is 27.8. The van der Waals surface area contributed by atoms with Gasteiger partial charge in [-0.1, -0.05) is 71.6 Å². The summed E-state index contributed by atoms with van der Waals surface area (Å²) in [5, 5.41) is 9.66. The van der Waals surface area contributed by atoms with Crippen LogP contribution in [0, 0.1) is 5.82 Å². The highest BCUT2D eigenvalue weighted by atomic mass is 79.9. The summed E-state index contributed by atoms with van der Waals surface area (Å²) in [5.74, 6) is 0.335. The Labute approximate surface area is 250 Å². The van der Waals surface area contributed by atoms with E-state index >= 15 is 0 Å². The van der Waals surface area contributed by atoms with Gasteiger partial charge in [-0.05, 0) is 66.1 Å². The lowest BCUT2D eigenvalue weighted by atomic mass is 9.88. The van der Waals surface area contributed by atoms with Gasteiger partial charge >= 0.3 is 0 Å². The number of amides is 1. The van der Waals surface area contributed by atoms with Crippen LogP contribution in [-0.4, -0.2) is 28.4 Å². The first-order chi connectivity index (χ1) is 20.5. The van der Waals surface area contributed by atoms with Crippen molar-refractivity contribution in [2.24, 2.45) is 5.10 Å². The van der Waals surface area contributed by atoms with E-state index in [1.54, 1.807) is 24.4 Å². The molecule has 212 valence electrons. The van der Waals surface area contributed by atoms with Crippen LogP contribution in [0.25, 0.3) is 21.7 Å². The van der Waals surface area contributed by atoms with Crippen molar-refractivity contribution >= 4 is 55.4 Å². The molecular formula is C33H28BrFN4O3. The van der Waals surface area contributed by atoms with Crippen molar-refractivity contribution < 1.29 is 13.9 Å². The Balaban J connectivity index is 1.38. The molecule has 1 heterocycles. The van der Waals surface area contributed by atoms with E-state index < -0.39 is 11.7 Å². The summed E-state index contributed by atoms with van der Waals surface area (Å²) in [7, 11) is 0. The molecular weight excluding hydrogens is 599 g/mol. The summed E-state index contributed by atoms with van der Waals surface area (Å²) >= 11 is 3.47. The number of nitrogens with one attached hydrogen (secondary N) is 1. The van der Waals surface area contributed by atoms with Crippen LogP contribution in [0.3, 0.4) is 0 Å². The van der Waals surface area contributed by atoms with E-state index in [2.05, 4.69) is 21.2 Å². The van der Waals surface area contributed by atoms with Gasteiger partial charge in [-0.15, -0.1) is 0 Å². The Morgan fingerprint density at radius 3 is 2.69 bits per heavy atom. The number of benzene rings is 4. The molecule has 1 aromatic heterocycles. The fraction of sp³-hybridized carbons (Fsp3) is 0.212. The van der Waals surface area contributed by atoms with E-state index in [4.69, 9.17) is 14.8 Å². The Morgan fingerprint density at radius 2 is 1.86 bits per heavy atom. The topological polar surface area (TPSA) is 85.6 Å².